The minimum atomic E-state index is -0.293. The zero-order chi connectivity index (χ0) is 52.2. The van der Waals surface area contributed by atoms with Gasteiger partial charge in [0, 0.05) is 19.5 Å². The third-order valence-corrected chi connectivity index (χ3v) is 16.0. The molecular formula is C68H133NO3. The van der Waals surface area contributed by atoms with Crippen LogP contribution in [0.1, 0.15) is 387 Å². The molecule has 1 atom stereocenters. The number of allylic oxidation sites excluding steroid dienone is 2. The molecule has 1 unspecified atom stereocenters. The monoisotopic (exact) mass is 1010 g/mol. The minimum absolute atomic E-state index is 0.117. The van der Waals surface area contributed by atoms with E-state index in [0.717, 1.165) is 58.0 Å². The molecule has 0 aliphatic carbocycles. The van der Waals surface area contributed by atoms with E-state index in [-0.39, 0.29) is 17.8 Å². The molecule has 0 spiro atoms. The number of hydrogen-bond acceptors (Lipinski definition) is 3. The van der Waals surface area contributed by atoms with Gasteiger partial charge in [-0.3, -0.25) is 9.59 Å². The van der Waals surface area contributed by atoms with E-state index in [1.165, 1.54) is 308 Å². The van der Waals surface area contributed by atoms with Crippen molar-refractivity contribution in [2.45, 2.75) is 387 Å². The summed E-state index contributed by atoms with van der Waals surface area (Å²) in [6, 6.07) is 0. The summed E-state index contributed by atoms with van der Waals surface area (Å²) < 4.78 is 5.88. The number of esters is 1. The number of carbonyl (C=O) groups is 2. The third-order valence-electron chi connectivity index (χ3n) is 16.0. The largest absolute Gasteiger partial charge is 0.465 e. The lowest BCUT2D eigenvalue weighted by Gasteiger charge is -2.25. The Hall–Kier alpha value is -1.32. The molecule has 0 bridgehead atoms. The van der Waals surface area contributed by atoms with E-state index in [4.69, 9.17) is 4.74 Å². The maximum absolute atomic E-state index is 13.9. The van der Waals surface area contributed by atoms with Crippen molar-refractivity contribution in [1.82, 2.24) is 4.90 Å². The van der Waals surface area contributed by atoms with Gasteiger partial charge in [0.2, 0.25) is 5.91 Å². The first kappa shape index (κ1) is 70.7. The standard InChI is InChI=1S/C68H133NO3/c1-5-9-13-17-21-22-23-24-25-26-27-28-29-30-31-32-33-34-35-36-37-38-39-40-41-42-43-44-45-46-47-48-49-50-51-52-53-57-61-66(68(71)72-64-60-56-20-16-12-8-4)65-67(70)69(62-58-54-18-14-10-6-2)63-59-55-19-15-11-7-3/h40-41,66H,5-39,42-65H2,1-4H3/b41-40+. The van der Waals surface area contributed by atoms with Crippen LogP contribution in [0.15, 0.2) is 12.2 Å². The van der Waals surface area contributed by atoms with Gasteiger partial charge in [0.15, 0.2) is 0 Å². The van der Waals surface area contributed by atoms with Crippen LogP contribution in [-0.4, -0.2) is 36.5 Å². The Morgan fingerprint density at radius 1 is 0.319 bits per heavy atom. The highest BCUT2D eigenvalue weighted by Gasteiger charge is 2.26. The lowest BCUT2D eigenvalue weighted by molar-refractivity contribution is -0.152. The lowest BCUT2D eigenvalue weighted by Crippen LogP contribution is -2.35. The molecule has 72 heavy (non-hydrogen) atoms. The second-order valence-electron chi connectivity index (χ2n) is 23.3. The normalized spacial score (nSPS) is 12.1. The average Bonchev–Trinajstić information content (AvgIpc) is 3.38. The zero-order valence-corrected chi connectivity index (χ0v) is 50.1. The van der Waals surface area contributed by atoms with Crippen molar-refractivity contribution < 1.29 is 14.3 Å². The molecule has 0 aromatic heterocycles. The summed E-state index contributed by atoms with van der Waals surface area (Å²) in [7, 11) is 0. The highest BCUT2D eigenvalue weighted by molar-refractivity contribution is 5.83. The number of ether oxygens (including phenoxy) is 1. The SMILES string of the molecule is CCCCCCCCCCCCCCCCCCCCCCCC/C=C/CCCCCCCCCCCCCCC(CC(=O)N(CCCCCCCC)CCCCCCCC)C(=O)OCCCCCCCC. The van der Waals surface area contributed by atoms with Crippen LogP contribution in [0.3, 0.4) is 0 Å². The number of hydrogen-bond donors (Lipinski definition) is 0. The van der Waals surface area contributed by atoms with E-state index in [0.29, 0.717) is 13.0 Å². The van der Waals surface area contributed by atoms with Gasteiger partial charge in [-0.2, -0.15) is 0 Å². The minimum Gasteiger partial charge on any atom is -0.465 e. The Morgan fingerprint density at radius 3 is 0.875 bits per heavy atom. The average molecular weight is 1010 g/mol. The van der Waals surface area contributed by atoms with Crippen molar-refractivity contribution in [3.63, 3.8) is 0 Å². The smallest absolute Gasteiger partial charge is 0.309 e. The number of nitrogens with zero attached hydrogens (tertiary/aromatic N) is 1. The Morgan fingerprint density at radius 2 is 0.569 bits per heavy atom. The summed E-state index contributed by atoms with van der Waals surface area (Å²) in [6.45, 7) is 11.3. The summed E-state index contributed by atoms with van der Waals surface area (Å²) in [5.41, 5.74) is 0. The van der Waals surface area contributed by atoms with Gasteiger partial charge in [0.1, 0.15) is 0 Å². The predicted octanol–water partition coefficient (Wildman–Crippen LogP) is 23.5. The summed E-state index contributed by atoms with van der Waals surface area (Å²) in [6.07, 6.45) is 78.2. The molecule has 1 amide bonds. The summed E-state index contributed by atoms with van der Waals surface area (Å²) >= 11 is 0. The second-order valence-corrected chi connectivity index (χ2v) is 23.3. The van der Waals surface area contributed by atoms with Crippen molar-refractivity contribution in [3.05, 3.63) is 12.2 Å². The number of rotatable bonds is 62. The van der Waals surface area contributed by atoms with Crippen molar-refractivity contribution in [2.24, 2.45) is 5.92 Å². The van der Waals surface area contributed by atoms with Crippen LogP contribution in [0.4, 0.5) is 0 Å². The van der Waals surface area contributed by atoms with Gasteiger partial charge in [-0.15, -0.1) is 0 Å². The van der Waals surface area contributed by atoms with E-state index in [9.17, 15) is 9.59 Å². The molecule has 0 aromatic rings. The number of amides is 1. The van der Waals surface area contributed by atoms with Crippen molar-refractivity contribution >= 4 is 11.9 Å². The molecule has 4 heteroatoms. The lowest BCUT2D eigenvalue weighted by atomic mass is 9.96. The molecule has 4 nitrogen and oxygen atoms in total. The molecule has 0 saturated carbocycles. The maximum Gasteiger partial charge on any atom is 0.309 e. The van der Waals surface area contributed by atoms with E-state index in [2.05, 4.69) is 44.7 Å². The first-order valence-electron chi connectivity index (χ1n) is 33.7. The highest BCUT2D eigenvalue weighted by atomic mass is 16.5. The van der Waals surface area contributed by atoms with E-state index < -0.39 is 0 Å². The molecule has 0 radical (unpaired) electrons. The van der Waals surface area contributed by atoms with Gasteiger partial charge < -0.3 is 9.64 Å². The van der Waals surface area contributed by atoms with E-state index in [1.807, 2.05) is 0 Å². The first-order chi connectivity index (χ1) is 35.6. The van der Waals surface area contributed by atoms with Crippen molar-refractivity contribution in [2.75, 3.05) is 19.7 Å². The molecule has 0 N–H and O–H groups in total. The van der Waals surface area contributed by atoms with Crippen LogP contribution in [0.25, 0.3) is 0 Å². The van der Waals surface area contributed by atoms with Gasteiger partial charge >= 0.3 is 5.97 Å². The molecule has 0 aromatic carbocycles. The van der Waals surface area contributed by atoms with Crippen LogP contribution in [0.2, 0.25) is 0 Å². The van der Waals surface area contributed by atoms with Crippen LogP contribution in [0.5, 0.6) is 0 Å². The van der Waals surface area contributed by atoms with Crippen molar-refractivity contribution in [1.29, 1.82) is 0 Å². The molecular weight excluding hydrogens is 879 g/mol. The molecule has 428 valence electrons. The Bertz CT molecular complexity index is 1060. The molecule has 0 heterocycles. The Balaban J connectivity index is 4.03. The summed E-state index contributed by atoms with van der Waals surface area (Å²) in [5.74, 6) is -0.223. The predicted molar refractivity (Wildman–Crippen MR) is 321 cm³/mol. The van der Waals surface area contributed by atoms with Gasteiger partial charge in [-0.1, -0.05) is 342 Å². The zero-order valence-electron chi connectivity index (χ0n) is 50.1. The van der Waals surface area contributed by atoms with Gasteiger partial charge in [0.05, 0.1) is 12.5 Å². The molecule has 0 aliphatic rings. The van der Waals surface area contributed by atoms with E-state index >= 15 is 0 Å². The van der Waals surface area contributed by atoms with Crippen LogP contribution < -0.4 is 0 Å². The van der Waals surface area contributed by atoms with Crippen LogP contribution >= 0.6 is 0 Å². The van der Waals surface area contributed by atoms with Crippen molar-refractivity contribution in [3.8, 4) is 0 Å². The van der Waals surface area contributed by atoms with Gasteiger partial charge in [-0.25, -0.2) is 0 Å². The fraction of sp³-hybridized carbons (Fsp3) is 0.941. The molecule has 0 aliphatic heterocycles. The molecule has 0 fully saturated rings. The molecule has 0 saturated heterocycles. The first-order valence-corrected chi connectivity index (χ1v) is 33.7. The fourth-order valence-electron chi connectivity index (χ4n) is 10.9. The van der Waals surface area contributed by atoms with Crippen LogP contribution in [-0.2, 0) is 14.3 Å². The Labute approximate surface area is 454 Å². The highest BCUT2D eigenvalue weighted by Crippen LogP contribution is 2.22. The second kappa shape index (κ2) is 62.2. The number of carbonyl (C=O) groups excluding carboxylic acids is 2. The topological polar surface area (TPSA) is 46.6 Å². The molecule has 0 rings (SSSR count). The quantitative estimate of drug-likeness (QED) is 0.0346. The van der Waals surface area contributed by atoms with E-state index in [1.54, 1.807) is 0 Å². The number of unbranched alkanes of at least 4 members (excludes halogenated alkanes) is 49. The summed E-state index contributed by atoms with van der Waals surface area (Å²) in [4.78, 5) is 29.5. The maximum atomic E-state index is 13.9. The fourth-order valence-corrected chi connectivity index (χ4v) is 10.9. The Kier molecular flexibility index (Phi) is 61.1. The third kappa shape index (κ3) is 54.9. The summed E-state index contributed by atoms with van der Waals surface area (Å²) in [5, 5.41) is 0. The van der Waals surface area contributed by atoms with Crippen LogP contribution in [0, 0.1) is 5.92 Å². The van der Waals surface area contributed by atoms with Gasteiger partial charge in [-0.05, 0) is 51.4 Å². The van der Waals surface area contributed by atoms with Gasteiger partial charge in [0.25, 0.3) is 0 Å².